The molecule has 1 saturated heterocycles. The van der Waals surface area contributed by atoms with Crippen molar-refractivity contribution in [3.8, 4) is 0 Å². The van der Waals surface area contributed by atoms with Gasteiger partial charge in [0.2, 0.25) is 17.7 Å². The van der Waals surface area contributed by atoms with Gasteiger partial charge in [0, 0.05) is 43.2 Å². The molecule has 7 heteroatoms. The van der Waals surface area contributed by atoms with Gasteiger partial charge in [0.25, 0.3) is 0 Å². The number of Topliss-reactive ketones (excluding diaryl/α,β-unsaturated/α-hetero) is 1. The fraction of sp³-hybridized carbons (Fsp3) is 0.857. The summed E-state index contributed by atoms with van der Waals surface area (Å²) in [5, 5.41) is 3.05. The third-order valence-electron chi connectivity index (χ3n) is 8.21. The Hall–Kier alpha value is -1.76. The van der Waals surface area contributed by atoms with Gasteiger partial charge in [0.05, 0.1) is 18.1 Å². The van der Waals surface area contributed by atoms with Crippen LogP contribution in [0, 0.1) is 23.2 Å². The predicted octanol–water partition coefficient (Wildman–Crippen LogP) is 4.91. The maximum Gasteiger partial charge on any atom is 0.233 e. The summed E-state index contributed by atoms with van der Waals surface area (Å²) >= 11 is 0. The first kappa shape index (κ1) is 31.3. The molecule has 3 amide bonds. The van der Waals surface area contributed by atoms with Crippen LogP contribution in [0.25, 0.3) is 0 Å². The molecule has 0 spiro atoms. The fourth-order valence-electron chi connectivity index (χ4n) is 4.06. The third kappa shape index (κ3) is 9.00. The number of imide groups is 1. The van der Waals surface area contributed by atoms with Gasteiger partial charge in [-0.3, -0.25) is 24.1 Å². The molecule has 0 bridgehead atoms. The fourth-order valence-corrected chi connectivity index (χ4v) is 4.06. The van der Waals surface area contributed by atoms with E-state index >= 15 is 0 Å². The van der Waals surface area contributed by atoms with Crippen LogP contribution in [0.5, 0.6) is 0 Å². The Balaban J connectivity index is 2.56. The minimum absolute atomic E-state index is 0.0146. The third-order valence-corrected chi connectivity index (χ3v) is 8.21. The summed E-state index contributed by atoms with van der Waals surface area (Å²) in [6.07, 6.45) is 3.12. The van der Waals surface area contributed by atoms with Gasteiger partial charge >= 0.3 is 0 Å². The Bertz CT molecular complexity index is 771. The van der Waals surface area contributed by atoms with Gasteiger partial charge in [0.1, 0.15) is 5.78 Å². The van der Waals surface area contributed by atoms with E-state index < -0.39 is 11.1 Å². The van der Waals surface area contributed by atoms with Crippen LogP contribution in [-0.4, -0.2) is 52.7 Å². The van der Waals surface area contributed by atoms with Crippen molar-refractivity contribution >= 4 is 23.5 Å². The number of hydrogen-bond acceptors (Lipinski definition) is 5. The second-order valence-electron chi connectivity index (χ2n) is 12.2. The van der Waals surface area contributed by atoms with Crippen molar-refractivity contribution in [1.29, 1.82) is 0 Å². The highest BCUT2D eigenvalue weighted by molar-refractivity contribution is 6.04. The summed E-state index contributed by atoms with van der Waals surface area (Å²) in [5.41, 5.74) is -1.21. The number of amides is 3. The molecule has 1 heterocycles. The molecule has 1 aliphatic heterocycles. The molecule has 0 aromatic carbocycles. The quantitative estimate of drug-likeness (QED) is 0.327. The van der Waals surface area contributed by atoms with Crippen LogP contribution >= 0.6 is 0 Å². The Morgan fingerprint density at radius 3 is 2.20 bits per heavy atom. The van der Waals surface area contributed by atoms with E-state index in [2.05, 4.69) is 5.32 Å². The van der Waals surface area contributed by atoms with Crippen molar-refractivity contribution in [2.24, 2.45) is 23.2 Å². The number of hydrogen-bond donors (Lipinski definition) is 1. The number of likely N-dealkylation sites (tertiary alicyclic amines) is 1. The average Bonchev–Trinajstić information content (AvgIpc) is 3.07. The molecule has 1 rings (SSSR count). The summed E-state index contributed by atoms with van der Waals surface area (Å²) in [6, 6.07) is 0. The molecule has 35 heavy (non-hydrogen) atoms. The summed E-state index contributed by atoms with van der Waals surface area (Å²) < 4.78 is 6.15. The number of ether oxygens (including phenoxy) is 1. The SMILES string of the molecule is CCC(C)C(=O)CCC(C)(C)OCC(C)C(C)(C)NC(=O)CCN1C(=O)CC(C(C)(C)CC)C1=O. The average molecular weight is 495 g/mol. The first-order valence-electron chi connectivity index (χ1n) is 13.3. The van der Waals surface area contributed by atoms with Crippen molar-refractivity contribution < 1.29 is 23.9 Å². The lowest BCUT2D eigenvalue weighted by molar-refractivity contribution is -0.140. The van der Waals surface area contributed by atoms with E-state index in [4.69, 9.17) is 4.74 Å². The van der Waals surface area contributed by atoms with Crippen LogP contribution in [0.2, 0.25) is 0 Å². The van der Waals surface area contributed by atoms with E-state index in [1.807, 2.05) is 69.2 Å². The van der Waals surface area contributed by atoms with E-state index in [1.54, 1.807) is 0 Å². The monoisotopic (exact) mass is 494 g/mol. The molecular weight excluding hydrogens is 444 g/mol. The second kappa shape index (κ2) is 12.5. The lowest BCUT2D eigenvalue weighted by Crippen LogP contribution is -2.51. The van der Waals surface area contributed by atoms with E-state index in [0.29, 0.717) is 19.4 Å². The summed E-state index contributed by atoms with van der Waals surface area (Å²) in [6.45, 7) is 20.5. The largest absolute Gasteiger partial charge is 0.375 e. The smallest absolute Gasteiger partial charge is 0.233 e. The minimum Gasteiger partial charge on any atom is -0.375 e. The van der Waals surface area contributed by atoms with Gasteiger partial charge in [-0.25, -0.2) is 0 Å². The maximum atomic E-state index is 12.8. The highest BCUT2D eigenvalue weighted by atomic mass is 16.5. The molecular formula is C28H50N2O5. The Morgan fingerprint density at radius 2 is 1.66 bits per heavy atom. The van der Waals surface area contributed by atoms with E-state index in [0.717, 1.165) is 12.8 Å². The molecule has 1 aliphatic rings. The second-order valence-corrected chi connectivity index (χ2v) is 12.2. The van der Waals surface area contributed by atoms with Crippen molar-refractivity contribution in [2.45, 2.75) is 119 Å². The molecule has 1 fully saturated rings. The first-order valence-corrected chi connectivity index (χ1v) is 13.3. The van der Waals surface area contributed by atoms with Gasteiger partial charge < -0.3 is 10.1 Å². The zero-order valence-corrected chi connectivity index (χ0v) is 23.9. The molecule has 3 atom stereocenters. The number of ketones is 1. The Morgan fingerprint density at radius 1 is 1.06 bits per heavy atom. The zero-order chi connectivity index (χ0) is 27.2. The normalized spacial score (nSPS) is 19.1. The highest BCUT2D eigenvalue weighted by Gasteiger charge is 2.45. The van der Waals surface area contributed by atoms with Crippen LogP contribution in [0.4, 0.5) is 0 Å². The van der Waals surface area contributed by atoms with Crippen molar-refractivity contribution in [3.05, 3.63) is 0 Å². The van der Waals surface area contributed by atoms with Gasteiger partial charge in [-0.1, -0.05) is 48.0 Å². The summed E-state index contributed by atoms with van der Waals surface area (Å²) in [5.74, 6) is -0.507. The van der Waals surface area contributed by atoms with Crippen molar-refractivity contribution in [2.75, 3.05) is 13.2 Å². The van der Waals surface area contributed by atoms with E-state index in [9.17, 15) is 19.2 Å². The zero-order valence-electron chi connectivity index (χ0n) is 23.9. The Labute approximate surface area is 213 Å². The van der Waals surface area contributed by atoms with E-state index in [-0.39, 0.29) is 66.1 Å². The number of nitrogens with one attached hydrogen (secondary N) is 1. The molecule has 0 saturated carbocycles. The Kier molecular flexibility index (Phi) is 11.1. The van der Waals surface area contributed by atoms with Crippen molar-refractivity contribution in [1.82, 2.24) is 10.2 Å². The molecule has 0 aromatic heterocycles. The van der Waals surface area contributed by atoms with Gasteiger partial charge in [-0.2, -0.15) is 0 Å². The number of nitrogens with zero attached hydrogens (tertiary/aromatic N) is 1. The van der Waals surface area contributed by atoms with Crippen LogP contribution in [-0.2, 0) is 23.9 Å². The number of carbonyl (C=O) groups is 4. The lowest BCUT2D eigenvalue weighted by atomic mass is 9.76. The first-order chi connectivity index (χ1) is 16.0. The lowest BCUT2D eigenvalue weighted by Gasteiger charge is -2.36. The van der Waals surface area contributed by atoms with Crippen LogP contribution in [0.1, 0.15) is 108 Å². The molecule has 3 unspecified atom stereocenters. The topological polar surface area (TPSA) is 92.8 Å². The molecule has 1 N–H and O–H groups in total. The van der Waals surface area contributed by atoms with Crippen LogP contribution < -0.4 is 5.32 Å². The molecule has 202 valence electrons. The van der Waals surface area contributed by atoms with Crippen LogP contribution in [0.15, 0.2) is 0 Å². The summed E-state index contributed by atoms with van der Waals surface area (Å²) in [4.78, 5) is 51.3. The summed E-state index contributed by atoms with van der Waals surface area (Å²) in [7, 11) is 0. The van der Waals surface area contributed by atoms with Gasteiger partial charge in [-0.15, -0.1) is 0 Å². The van der Waals surface area contributed by atoms with Crippen molar-refractivity contribution in [3.63, 3.8) is 0 Å². The number of rotatable bonds is 15. The molecule has 7 nitrogen and oxygen atoms in total. The minimum atomic E-state index is -0.536. The van der Waals surface area contributed by atoms with E-state index in [1.165, 1.54) is 4.90 Å². The standard InChI is InChI=1S/C28H50N2O5/c1-11-19(3)22(31)13-15-27(7,8)35-18-20(4)28(9,10)29-23(32)14-16-30-24(33)17-21(25(30)34)26(5,6)12-2/h19-21H,11-18H2,1-10H3,(H,29,32). The van der Waals surface area contributed by atoms with Gasteiger partial charge in [0.15, 0.2) is 0 Å². The maximum absolute atomic E-state index is 12.8. The van der Waals surface area contributed by atoms with Crippen LogP contribution in [0.3, 0.4) is 0 Å². The molecule has 0 radical (unpaired) electrons. The number of carbonyl (C=O) groups excluding carboxylic acids is 4. The molecule has 0 aliphatic carbocycles. The predicted molar refractivity (Wildman–Crippen MR) is 139 cm³/mol. The van der Waals surface area contributed by atoms with Gasteiger partial charge in [-0.05, 0) is 46.0 Å². The molecule has 0 aromatic rings. The highest BCUT2D eigenvalue weighted by Crippen LogP contribution is 2.38.